The third-order valence-electron chi connectivity index (χ3n) is 3.55. The van der Waals surface area contributed by atoms with Gasteiger partial charge < -0.3 is 10.4 Å². The highest BCUT2D eigenvalue weighted by molar-refractivity contribution is 8.93. The van der Waals surface area contributed by atoms with E-state index in [1.54, 1.807) is 18.2 Å². The summed E-state index contributed by atoms with van der Waals surface area (Å²) >= 11 is 1.52. The summed E-state index contributed by atoms with van der Waals surface area (Å²) in [6, 6.07) is 12.9. The maximum absolute atomic E-state index is 9.53. The first-order valence-electron chi connectivity index (χ1n) is 7.16. The molecule has 3 heterocycles. The fourth-order valence-corrected chi connectivity index (χ4v) is 3.28. The molecule has 1 aromatic carbocycles. The van der Waals surface area contributed by atoms with Crippen LogP contribution in [0.15, 0.2) is 54.0 Å². The van der Waals surface area contributed by atoms with Gasteiger partial charge in [-0.3, -0.25) is 4.40 Å². The van der Waals surface area contributed by atoms with E-state index in [-0.39, 0.29) is 22.7 Å². The quantitative estimate of drug-likeness (QED) is 0.516. The Morgan fingerprint density at radius 2 is 2.00 bits per heavy atom. The molecular weight excluding hydrogens is 388 g/mol. The van der Waals surface area contributed by atoms with Crippen LogP contribution in [-0.2, 0) is 0 Å². The van der Waals surface area contributed by atoms with Gasteiger partial charge in [0.25, 0.3) is 0 Å². The largest absolute Gasteiger partial charge is 0.508 e. The van der Waals surface area contributed by atoms with E-state index in [0.29, 0.717) is 0 Å². The number of nitrogens with one attached hydrogen (secondary N) is 1. The standard InChI is InChI=1S/C17H14N4OS.BrH/c1-11-16(21-8-3-2-7-15(21)18-11)14-10-23-17(20-14)19-12-5-4-6-13(22)9-12;/h2-10,22H,1H3,(H,19,20);1H. The lowest BCUT2D eigenvalue weighted by atomic mass is 10.3. The first kappa shape index (κ1) is 16.5. The van der Waals surface area contributed by atoms with Crippen LogP contribution in [0, 0.1) is 6.92 Å². The molecule has 5 nitrogen and oxygen atoms in total. The van der Waals surface area contributed by atoms with Crippen LogP contribution >= 0.6 is 28.3 Å². The number of rotatable bonds is 3. The van der Waals surface area contributed by atoms with Crippen molar-refractivity contribution in [1.82, 2.24) is 14.4 Å². The third-order valence-corrected chi connectivity index (χ3v) is 4.31. The lowest BCUT2D eigenvalue weighted by Gasteiger charge is -2.02. The lowest BCUT2D eigenvalue weighted by Crippen LogP contribution is -1.91. The van der Waals surface area contributed by atoms with E-state index in [9.17, 15) is 5.11 Å². The van der Waals surface area contributed by atoms with Crippen LogP contribution in [0.3, 0.4) is 0 Å². The van der Waals surface area contributed by atoms with Gasteiger partial charge in [0, 0.05) is 23.3 Å². The minimum absolute atomic E-state index is 0. The topological polar surface area (TPSA) is 62.5 Å². The van der Waals surface area contributed by atoms with Crippen molar-refractivity contribution in [2.45, 2.75) is 6.92 Å². The highest BCUT2D eigenvalue weighted by Gasteiger charge is 2.14. The fraction of sp³-hybridized carbons (Fsp3) is 0.0588. The number of imidazole rings is 1. The van der Waals surface area contributed by atoms with Crippen molar-refractivity contribution in [3.05, 3.63) is 59.7 Å². The van der Waals surface area contributed by atoms with Gasteiger partial charge in [0.2, 0.25) is 0 Å². The molecule has 0 fully saturated rings. The predicted octanol–water partition coefficient (Wildman–Crippen LogP) is 4.79. The molecule has 0 unspecified atom stereocenters. The van der Waals surface area contributed by atoms with Crippen LogP contribution in [0.2, 0.25) is 0 Å². The van der Waals surface area contributed by atoms with E-state index in [0.717, 1.165) is 33.5 Å². The van der Waals surface area contributed by atoms with Gasteiger partial charge in [-0.25, -0.2) is 9.97 Å². The molecule has 2 N–H and O–H groups in total. The lowest BCUT2D eigenvalue weighted by molar-refractivity contribution is 0.475. The Morgan fingerprint density at radius 3 is 2.83 bits per heavy atom. The number of anilines is 2. The van der Waals surface area contributed by atoms with Gasteiger partial charge in [0.05, 0.1) is 11.4 Å². The number of thiazole rings is 1. The molecule has 0 saturated heterocycles. The number of phenols is 1. The zero-order chi connectivity index (χ0) is 15.8. The van der Waals surface area contributed by atoms with Gasteiger partial charge in [-0.1, -0.05) is 12.1 Å². The number of hydrogen-bond acceptors (Lipinski definition) is 5. The Hall–Kier alpha value is -2.38. The molecule has 0 aliphatic carbocycles. The second-order valence-electron chi connectivity index (χ2n) is 5.19. The number of phenolic OH excluding ortho intramolecular Hbond substituents is 1. The molecule has 0 saturated carbocycles. The minimum atomic E-state index is 0. The van der Waals surface area contributed by atoms with Crippen molar-refractivity contribution in [3.63, 3.8) is 0 Å². The number of nitrogens with zero attached hydrogens (tertiary/aromatic N) is 3. The summed E-state index contributed by atoms with van der Waals surface area (Å²) < 4.78 is 2.04. The van der Waals surface area contributed by atoms with Crippen molar-refractivity contribution < 1.29 is 5.11 Å². The number of aromatic hydroxyl groups is 1. The zero-order valence-electron chi connectivity index (χ0n) is 12.8. The smallest absolute Gasteiger partial charge is 0.187 e. The van der Waals surface area contributed by atoms with E-state index < -0.39 is 0 Å². The predicted molar refractivity (Wildman–Crippen MR) is 103 cm³/mol. The monoisotopic (exact) mass is 402 g/mol. The Balaban J connectivity index is 0.00000169. The molecule has 0 aliphatic heterocycles. The summed E-state index contributed by atoms with van der Waals surface area (Å²) in [5.74, 6) is 0.226. The van der Waals surface area contributed by atoms with Crippen molar-refractivity contribution in [1.29, 1.82) is 0 Å². The van der Waals surface area contributed by atoms with E-state index in [2.05, 4.69) is 15.3 Å². The number of pyridine rings is 1. The molecule has 122 valence electrons. The Kier molecular flexibility index (Phi) is 4.55. The van der Waals surface area contributed by atoms with Crippen LogP contribution < -0.4 is 5.32 Å². The summed E-state index contributed by atoms with van der Waals surface area (Å²) in [4.78, 5) is 9.22. The van der Waals surface area contributed by atoms with Crippen molar-refractivity contribution >= 4 is 44.8 Å². The summed E-state index contributed by atoms with van der Waals surface area (Å²) in [5, 5.41) is 15.5. The van der Waals surface area contributed by atoms with Crippen LogP contribution in [0.1, 0.15) is 5.69 Å². The molecule has 4 rings (SSSR count). The van der Waals surface area contributed by atoms with E-state index >= 15 is 0 Å². The second-order valence-corrected chi connectivity index (χ2v) is 6.05. The third kappa shape index (κ3) is 3.00. The molecule has 0 radical (unpaired) electrons. The molecule has 0 atom stereocenters. The van der Waals surface area contributed by atoms with Crippen molar-refractivity contribution in [2.24, 2.45) is 0 Å². The number of hydrogen-bond donors (Lipinski definition) is 2. The normalized spacial score (nSPS) is 10.5. The van der Waals surface area contributed by atoms with E-state index in [4.69, 9.17) is 0 Å². The minimum Gasteiger partial charge on any atom is -0.508 e. The summed E-state index contributed by atoms with van der Waals surface area (Å²) in [7, 11) is 0. The fourth-order valence-electron chi connectivity index (χ4n) is 2.57. The van der Waals surface area contributed by atoms with Crippen LogP contribution in [-0.4, -0.2) is 19.5 Å². The molecule has 0 aliphatic rings. The Bertz CT molecular complexity index is 995. The molecule has 3 aromatic heterocycles. The molecule has 0 spiro atoms. The molecule has 4 aromatic rings. The average Bonchev–Trinajstić information content (AvgIpc) is 3.10. The number of benzene rings is 1. The first-order chi connectivity index (χ1) is 11.2. The summed E-state index contributed by atoms with van der Waals surface area (Å²) in [6.07, 6.45) is 1.99. The maximum Gasteiger partial charge on any atom is 0.187 e. The van der Waals surface area contributed by atoms with Gasteiger partial charge >= 0.3 is 0 Å². The van der Waals surface area contributed by atoms with Gasteiger partial charge in [-0.2, -0.15) is 0 Å². The van der Waals surface area contributed by atoms with Gasteiger partial charge in [-0.05, 0) is 31.2 Å². The highest BCUT2D eigenvalue weighted by atomic mass is 79.9. The summed E-state index contributed by atoms with van der Waals surface area (Å²) in [6.45, 7) is 1.99. The molecule has 24 heavy (non-hydrogen) atoms. The van der Waals surface area contributed by atoms with E-state index in [1.807, 2.05) is 47.2 Å². The molecule has 0 amide bonds. The van der Waals surface area contributed by atoms with Gasteiger partial charge in [0.1, 0.15) is 17.1 Å². The van der Waals surface area contributed by atoms with Crippen molar-refractivity contribution in [2.75, 3.05) is 5.32 Å². The van der Waals surface area contributed by atoms with Crippen LogP contribution in [0.5, 0.6) is 5.75 Å². The van der Waals surface area contributed by atoms with Crippen LogP contribution in [0.25, 0.3) is 17.0 Å². The molecule has 0 bridgehead atoms. The summed E-state index contributed by atoms with van der Waals surface area (Å²) in [5.41, 5.74) is 4.55. The SMILES string of the molecule is Br.Cc1nc2ccccn2c1-c1csc(Nc2cccc(O)c2)n1. The molecular formula is C17H15BrN4OS. The molecule has 7 heteroatoms. The highest BCUT2D eigenvalue weighted by Crippen LogP contribution is 2.30. The van der Waals surface area contributed by atoms with Gasteiger partial charge in [-0.15, -0.1) is 28.3 Å². The zero-order valence-corrected chi connectivity index (χ0v) is 15.3. The average molecular weight is 403 g/mol. The maximum atomic E-state index is 9.53. The Labute approximate surface area is 153 Å². The number of halogens is 1. The number of aromatic nitrogens is 3. The second kappa shape index (κ2) is 6.62. The number of aryl methyl sites for hydroxylation is 1. The van der Waals surface area contributed by atoms with Crippen LogP contribution in [0.4, 0.5) is 10.8 Å². The first-order valence-corrected chi connectivity index (χ1v) is 8.04. The Morgan fingerprint density at radius 1 is 1.12 bits per heavy atom. The van der Waals surface area contributed by atoms with Gasteiger partial charge in [0.15, 0.2) is 5.13 Å². The number of fused-ring (bicyclic) bond motifs is 1. The van der Waals surface area contributed by atoms with Crippen molar-refractivity contribution in [3.8, 4) is 17.1 Å². The van der Waals surface area contributed by atoms with E-state index in [1.165, 1.54) is 11.3 Å².